The van der Waals surface area contributed by atoms with Crippen LogP contribution in [-0.4, -0.2) is 54.6 Å². The highest BCUT2D eigenvalue weighted by Gasteiger charge is 2.26. The first-order valence-electron chi connectivity index (χ1n) is 7.33. The van der Waals surface area contributed by atoms with Crippen molar-refractivity contribution in [3.63, 3.8) is 0 Å². The van der Waals surface area contributed by atoms with Gasteiger partial charge in [0.25, 0.3) is 5.91 Å². The average molecular weight is 301 g/mol. The first-order valence-corrected chi connectivity index (χ1v) is 7.33. The molecule has 1 aromatic carbocycles. The van der Waals surface area contributed by atoms with Crippen molar-refractivity contribution in [2.24, 2.45) is 0 Å². The first kappa shape index (κ1) is 15.8. The van der Waals surface area contributed by atoms with Crippen molar-refractivity contribution in [2.45, 2.75) is 13.3 Å². The van der Waals surface area contributed by atoms with Crippen molar-refractivity contribution in [1.29, 1.82) is 5.26 Å². The lowest BCUT2D eigenvalue weighted by Crippen LogP contribution is -2.50. The lowest BCUT2D eigenvalue weighted by molar-refractivity contribution is 0.0569. The van der Waals surface area contributed by atoms with Gasteiger partial charge in [0, 0.05) is 31.7 Å². The van der Waals surface area contributed by atoms with E-state index in [-0.39, 0.29) is 18.4 Å². The number of rotatable bonds is 3. The minimum Gasteiger partial charge on any atom is -0.450 e. The normalized spacial score (nSPS) is 14.4. The molecule has 0 aromatic heterocycles. The fourth-order valence-corrected chi connectivity index (χ4v) is 2.45. The molecular weight excluding hydrogens is 282 g/mol. The maximum atomic E-state index is 12.6. The highest BCUT2D eigenvalue weighted by Crippen LogP contribution is 2.14. The third kappa shape index (κ3) is 3.55. The van der Waals surface area contributed by atoms with Gasteiger partial charge in [-0.25, -0.2) is 4.79 Å². The number of carbonyl (C=O) groups excluding carboxylic acids is 2. The van der Waals surface area contributed by atoms with Gasteiger partial charge in [-0.1, -0.05) is 18.2 Å². The minimum atomic E-state index is -0.334. The van der Waals surface area contributed by atoms with Gasteiger partial charge in [-0.3, -0.25) is 4.79 Å². The molecule has 0 saturated carbocycles. The van der Waals surface area contributed by atoms with Crippen LogP contribution in [0.1, 0.15) is 22.8 Å². The smallest absolute Gasteiger partial charge is 0.409 e. The largest absolute Gasteiger partial charge is 0.450 e. The Hall–Kier alpha value is -2.55. The van der Waals surface area contributed by atoms with E-state index in [1.165, 1.54) is 0 Å². The van der Waals surface area contributed by atoms with E-state index >= 15 is 0 Å². The van der Waals surface area contributed by atoms with Gasteiger partial charge in [0.2, 0.25) is 0 Å². The van der Waals surface area contributed by atoms with Gasteiger partial charge in [0.05, 0.1) is 19.1 Å². The van der Waals surface area contributed by atoms with Gasteiger partial charge in [-0.05, 0) is 18.6 Å². The van der Waals surface area contributed by atoms with Crippen molar-refractivity contribution in [3.05, 3.63) is 35.4 Å². The van der Waals surface area contributed by atoms with Crippen LogP contribution < -0.4 is 0 Å². The van der Waals surface area contributed by atoms with E-state index in [0.29, 0.717) is 38.3 Å². The summed E-state index contributed by atoms with van der Waals surface area (Å²) in [4.78, 5) is 27.5. The Morgan fingerprint density at radius 2 is 1.82 bits per heavy atom. The Bertz CT molecular complexity index is 587. The molecule has 1 heterocycles. The summed E-state index contributed by atoms with van der Waals surface area (Å²) in [6, 6.07) is 9.23. The van der Waals surface area contributed by atoms with Crippen molar-refractivity contribution < 1.29 is 14.3 Å². The summed E-state index contributed by atoms with van der Waals surface area (Å²) in [7, 11) is 0. The number of benzene rings is 1. The Kier molecular flexibility index (Phi) is 5.37. The Morgan fingerprint density at radius 1 is 1.18 bits per heavy atom. The molecule has 2 amide bonds. The molecule has 6 nitrogen and oxygen atoms in total. The number of nitrogens with zero attached hydrogens (tertiary/aromatic N) is 3. The zero-order chi connectivity index (χ0) is 15.9. The summed E-state index contributed by atoms with van der Waals surface area (Å²) < 4.78 is 4.96. The van der Waals surface area contributed by atoms with Crippen molar-refractivity contribution in [1.82, 2.24) is 9.80 Å². The molecule has 1 aliphatic heterocycles. The number of hydrogen-bond donors (Lipinski definition) is 0. The number of hydrogen-bond acceptors (Lipinski definition) is 4. The van der Waals surface area contributed by atoms with E-state index in [9.17, 15) is 9.59 Å². The molecule has 0 spiro atoms. The van der Waals surface area contributed by atoms with Gasteiger partial charge in [-0.2, -0.15) is 5.26 Å². The summed E-state index contributed by atoms with van der Waals surface area (Å²) in [6.07, 6.45) is -0.121. The quantitative estimate of drug-likeness (QED) is 0.851. The topological polar surface area (TPSA) is 73.6 Å². The predicted octanol–water partition coefficient (Wildman–Crippen LogP) is 1.67. The molecule has 1 fully saturated rings. The first-order chi connectivity index (χ1) is 10.7. The molecule has 0 atom stereocenters. The second-order valence-electron chi connectivity index (χ2n) is 4.97. The summed E-state index contributed by atoms with van der Waals surface area (Å²) in [5.41, 5.74) is 1.30. The second kappa shape index (κ2) is 7.46. The van der Waals surface area contributed by atoms with Crippen molar-refractivity contribution >= 4 is 12.0 Å². The number of piperazine rings is 1. The van der Waals surface area contributed by atoms with E-state index in [1.807, 2.05) is 6.07 Å². The fraction of sp³-hybridized carbons (Fsp3) is 0.438. The summed E-state index contributed by atoms with van der Waals surface area (Å²) in [5, 5.41) is 8.85. The third-order valence-electron chi connectivity index (χ3n) is 3.61. The lowest BCUT2D eigenvalue weighted by Gasteiger charge is -2.34. The number of ether oxygens (including phenoxy) is 1. The van der Waals surface area contributed by atoms with Gasteiger partial charge in [0.15, 0.2) is 0 Å². The monoisotopic (exact) mass is 301 g/mol. The number of carbonyl (C=O) groups is 2. The van der Waals surface area contributed by atoms with Crippen LogP contribution in [0.3, 0.4) is 0 Å². The number of amides is 2. The van der Waals surface area contributed by atoms with E-state index in [0.717, 1.165) is 5.56 Å². The van der Waals surface area contributed by atoms with E-state index in [1.54, 1.807) is 34.9 Å². The Morgan fingerprint density at radius 3 is 2.45 bits per heavy atom. The molecule has 0 aliphatic carbocycles. The lowest BCUT2D eigenvalue weighted by atomic mass is 10.0. The van der Waals surface area contributed by atoms with E-state index in [2.05, 4.69) is 6.07 Å². The maximum Gasteiger partial charge on any atom is 0.409 e. The highest BCUT2D eigenvalue weighted by molar-refractivity contribution is 5.96. The van der Waals surface area contributed by atoms with Gasteiger partial charge < -0.3 is 14.5 Å². The molecule has 1 aromatic rings. The molecule has 0 unspecified atom stereocenters. The second-order valence-corrected chi connectivity index (χ2v) is 4.97. The van der Waals surface area contributed by atoms with Crippen LogP contribution in [0, 0.1) is 11.3 Å². The Labute approximate surface area is 129 Å². The van der Waals surface area contributed by atoms with Crippen LogP contribution >= 0.6 is 0 Å². The summed E-state index contributed by atoms with van der Waals surface area (Å²) >= 11 is 0. The molecular formula is C16H19N3O3. The summed E-state index contributed by atoms with van der Waals surface area (Å²) in [6.45, 7) is 3.98. The molecule has 1 saturated heterocycles. The molecule has 2 rings (SSSR count). The van der Waals surface area contributed by atoms with Crippen LogP contribution in [0.4, 0.5) is 4.79 Å². The van der Waals surface area contributed by atoms with Crippen LogP contribution in [0.5, 0.6) is 0 Å². The fourth-order valence-electron chi connectivity index (χ4n) is 2.45. The standard InChI is InChI=1S/C16H19N3O3/c1-2-22-16(21)19-11-9-18(10-12-19)15(20)14-6-4-3-5-13(14)7-8-17/h3-6H,2,7,9-12H2,1H3. The maximum absolute atomic E-state index is 12.6. The zero-order valence-corrected chi connectivity index (χ0v) is 12.6. The van der Waals surface area contributed by atoms with E-state index < -0.39 is 0 Å². The summed E-state index contributed by atoms with van der Waals surface area (Å²) in [5.74, 6) is -0.0886. The van der Waals surface area contributed by atoms with Crippen molar-refractivity contribution in [2.75, 3.05) is 32.8 Å². The molecule has 0 bridgehead atoms. The van der Waals surface area contributed by atoms with Gasteiger partial charge >= 0.3 is 6.09 Å². The van der Waals surface area contributed by atoms with Crippen molar-refractivity contribution in [3.8, 4) is 6.07 Å². The van der Waals surface area contributed by atoms with E-state index in [4.69, 9.17) is 10.00 Å². The zero-order valence-electron chi connectivity index (χ0n) is 12.6. The van der Waals surface area contributed by atoms with Crippen LogP contribution in [-0.2, 0) is 11.2 Å². The molecule has 0 N–H and O–H groups in total. The van der Waals surface area contributed by atoms with Crippen LogP contribution in [0.25, 0.3) is 0 Å². The molecule has 116 valence electrons. The molecule has 6 heteroatoms. The number of nitriles is 1. The Balaban J connectivity index is 2.01. The SMILES string of the molecule is CCOC(=O)N1CCN(C(=O)c2ccccc2CC#N)CC1. The highest BCUT2D eigenvalue weighted by atomic mass is 16.6. The van der Waals surface area contributed by atoms with Crippen LogP contribution in [0.15, 0.2) is 24.3 Å². The van der Waals surface area contributed by atoms with Gasteiger partial charge in [0.1, 0.15) is 0 Å². The van der Waals surface area contributed by atoms with Gasteiger partial charge in [-0.15, -0.1) is 0 Å². The average Bonchev–Trinajstić information content (AvgIpc) is 2.55. The molecule has 1 aliphatic rings. The molecule has 22 heavy (non-hydrogen) atoms. The predicted molar refractivity (Wildman–Crippen MR) is 80.3 cm³/mol. The van der Waals surface area contributed by atoms with Crippen LogP contribution in [0.2, 0.25) is 0 Å². The third-order valence-corrected chi connectivity index (χ3v) is 3.61. The molecule has 0 radical (unpaired) electrons. The minimum absolute atomic E-state index is 0.0886.